The number of hydrogen-bond acceptors (Lipinski definition) is 12. The Labute approximate surface area is 169 Å². The number of ether oxygens (including phenoxy) is 1. The van der Waals surface area contributed by atoms with Gasteiger partial charge in [0.15, 0.2) is 17.7 Å². The fraction of sp³-hybridized carbons (Fsp3) is 0.643. The minimum absolute atomic E-state index is 0.139. The van der Waals surface area contributed by atoms with Crippen molar-refractivity contribution < 1.29 is 38.6 Å². The lowest BCUT2D eigenvalue weighted by Gasteiger charge is -2.24. The molecule has 3 rings (SSSR count). The molecular weight excluding hydrogens is 429 g/mol. The van der Waals surface area contributed by atoms with E-state index >= 15 is 0 Å². The van der Waals surface area contributed by atoms with E-state index in [1.807, 2.05) is 6.26 Å². The summed E-state index contributed by atoms with van der Waals surface area (Å²) in [4.78, 5) is 22.1. The number of aliphatic hydroxyl groups is 3. The maximum atomic E-state index is 12.3. The van der Waals surface area contributed by atoms with Gasteiger partial charge in [0.05, 0.1) is 25.6 Å². The average Bonchev–Trinajstić information content (AvgIpc) is 3.24. The third-order valence-corrected chi connectivity index (χ3v) is 5.85. The molecule has 0 bridgehead atoms. The molecule has 2 aromatic rings. The second-order valence-corrected chi connectivity index (χ2v) is 8.58. The van der Waals surface area contributed by atoms with Crippen LogP contribution in [0.3, 0.4) is 0 Å². The van der Waals surface area contributed by atoms with Gasteiger partial charge in [0.25, 0.3) is 0 Å². The van der Waals surface area contributed by atoms with Gasteiger partial charge in [-0.15, -0.1) is 0 Å². The van der Waals surface area contributed by atoms with E-state index in [0.29, 0.717) is 11.3 Å². The van der Waals surface area contributed by atoms with E-state index in [1.165, 1.54) is 29.0 Å². The largest absolute Gasteiger partial charge is 0.472 e. The van der Waals surface area contributed by atoms with Gasteiger partial charge in [0, 0.05) is 5.75 Å². The van der Waals surface area contributed by atoms with Crippen molar-refractivity contribution in [3.05, 3.63) is 12.7 Å². The summed E-state index contributed by atoms with van der Waals surface area (Å²) in [5.74, 6) is 0.528. The zero-order chi connectivity index (χ0) is 21.2. The molecule has 0 aliphatic carbocycles. The van der Waals surface area contributed by atoms with Crippen LogP contribution in [0.25, 0.3) is 11.2 Å². The highest BCUT2D eigenvalue weighted by molar-refractivity contribution is 7.98. The van der Waals surface area contributed by atoms with Crippen LogP contribution < -0.4 is 5.73 Å². The summed E-state index contributed by atoms with van der Waals surface area (Å²) in [5, 5.41) is 28.8. The highest BCUT2D eigenvalue weighted by Crippen LogP contribution is 2.49. The predicted molar refractivity (Wildman–Crippen MR) is 102 cm³/mol. The Morgan fingerprint density at radius 1 is 1.45 bits per heavy atom. The van der Waals surface area contributed by atoms with Gasteiger partial charge in [-0.2, -0.15) is 11.8 Å². The summed E-state index contributed by atoms with van der Waals surface area (Å²) in [5.41, 5.74) is 6.38. The van der Waals surface area contributed by atoms with Gasteiger partial charge in [-0.25, -0.2) is 19.5 Å². The first-order valence-electron chi connectivity index (χ1n) is 8.47. The lowest BCUT2D eigenvalue weighted by Crippen LogP contribution is -2.34. The highest BCUT2D eigenvalue weighted by Gasteiger charge is 2.49. The number of thioether (sulfide) groups is 1. The van der Waals surface area contributed by atoms with E-state index in [9.17, 15) is 19.7 Å². The number of phosphoric ester groups is 1. The molecule has 162 valence electrons. The maximum Gasteiger partial charge on any atom is 0.472 e. The number of fused-ring (bicyclic) bond motifs is 1. The normalized spacial score (nSPS) is 27.9. The van der Waals surface area contributed by atoms with Crippen molar-refractivity contribution in [2.24, 2.45) is 0 Å². The van der Waals surface area contributed by atoms with Crippen LogP contribution in [0.2, 0.25) is 0 Å². The quantitative estimate of drug-likeness (QED) is 0.288. The number of anilines is 1. The minimum Gasteiger partial charge on any atom is -0.394 e. The molecule has 29 heavy (non-hydrogen) atoms. The van der Waals surface area contributed by atoms with Crippen LogP contribution in [0, 0.1) is 0 Å². The van der Waals surface area contributed by atoms with Crippen molar-refractivity contribution in [2.75, 3.05) is 31.0 Å². The summed E-state index contributed by atoms with van der Waals surface area (Å²) < 4.78 is 29.5. The van der Waals surface area contributed by atoms with Gasteiger partial charge in [-0.05, 0) is 6.26 Å². The summed E-state index contributed by atoms with van der Waals surface area (Å²) >= 11 is 1.41. The van der Waals surface area contributed by atoms with Crippen molar-refractivity contribution >= 4 is 36.6 Å². The first-order chi connectivity index (χ1) is 13.8. The van der Waals surface area contributed by atoms with Gasteiger partial charge in [0.1, 0.15) is 30.2 Å². The smallest absolute Gasteiger partial charge is 0.394 e. The molecule has 1 fully saturated rings. The van der Waals surface area contributed by atoms with Gasteiger partial charge in [-0.1, -0.05) is 0 Å². The number of imidazole rings is 1. The van der Waals surface area contributed by atoms with Crippen molar-refractivity contribution in [2.45, 2.75) is 30.6 Å². The molecule has 2 aromatic heterocycles. The Balaban J connectivity index is 1.89. The number of rotatable bonds is 9. The van der Waals surface area contributed by atoms with Crippen LogP contribution in [-0.4, -0.2) is 89.4 Å². The Bertz CT molecular complexity index is 887. The highest BCUT2D eigenvalue weighted by atomic mass is 32.2. The number of phosphoric acid groups is 1. The SMILES string of the molecule is CSC[C@H]1O[C@@H](n2cnc3c(N)ncnc32)[C@H](OP(=O)(O)OC[C@H](O)CO)[C@@H]1O. The molecule has 6 atom stereocenters. The van der Waals surface area contributed by atoms with Crippen LogP contribution in [0.15, 0.2) is 12.7 Å². The third-order valence-electron chi connectivity index (χ3n) is 4.20. The van der Waals surface area contributed by atoms with Crippen molar-refractivity contribution in [3.8, 4) is 0 Å². The molecule has 0 saturated carbocycles. The molecule has 13 nitrogen and oxygen atoms in total. The molecule has 0 radical (unpaired) electrons. The summed E-state index contributed by atoms with van der Waals surface area (Å²) in [6.45, 7) is -1.29. The summed E-state index contributed by atoms with van der Waals surface area (Å²) in [6.07, 6.45) is -1.32. The first kappa shape index (κ1) is 22.3. The van der Waals surface area contributed by atoms with Crippen molar-refractivity contribution in [3.63, 3.8) is 0 Å². The number of hydrogen-bond donors (Lipinski definition) is 5. The monoisotopic (exact) mass is 451 g/mol. The van der Waals surface area contributed by atoms with E-state index < -0.39 is 51.7 Å². The van der Waals surface area contributed by atoms with Gasteiger partial charge in [0.2, 0.25) is 0 Å². The lowest BCUT2D eigenvalue weighted by atomic mass is 10.1. The number of nitrogens with zero attached hydrogens (tertiary/aromatic N) is 4. The summed E-state index contributed by atoms with van der Waals surface area (Å²) in [7, 11) is -4.71. The Morgan fingerprint density at radius 2 is 2.21 bits per heavy atom. The van der Waals surface area contributed by atoms with E-state index in [1.54, 1.807) is 0 Å². The summed E-state index contributed by atoms with van der Waals surface area (Å²) in [6, 6.07) is 0. The standard InChI is InChI=1S/C14H22N5O8PS/c1-29-4-8-10(22)11(27-28(23,24)25-3-7(21)2-20)14(26-8)19-6-18-9-12(15)16-5-17-13(9)19/h5-8,10-11,14,20-22H,2-4H2,1H3,(H,23,24)(H2,15,16,17)/t7-,8-,10-,11-,14-/m1/s1. The van der Waals surface area contributed by atoms with Gasteiger partial charge in [-0.3, -0.25) is 13.6 Å². The van der Waals surface area contributed by atoms with E-state index in [4.69, 9.17) is 24.6 Å². The zero-order valence-electron chi connectivity index (χ0n) is 15.3. The van der Waals surface area contributed by atoms with Gasteiger partial charge < -0.3 is 30.7 Å². The fourth-order valence-corrected chi connectivity index (χ4v) is 4.39. The first-order valence-corrected chi connectivity index (χ1v) is 11.4. The van der Waals surface area contributed by atoms with Crippen LogP contribution in [0.1, 0.15) is 6.23 Å². The molecule has 0 aromatic carbocycles. The van der Waals surface area contributed by atoms with Gasteiger partial charge >= 0.3 is 7.82 Å². The van der Waals surface area contributed by atoms with E-state index in [-0.39, 0.29) is 11.5 Å². The fourth-order valence-electron chi connectivity index (χ4n) is 2.83. The molecule has 1 saturated heterocycles. The van der Waals surface area contributed by atoms with Crippen molar-refractivity contribution in [1.82, 2.24) is 19.5 Å². The van der Waals surface area contributed by atoms with Crippen LogP contribution in [0.4, 0.5) is 5.82 Å². The molecule has 1 unspecified atom stereocenters. The minimum atomic E-state index is -4.71. The van der Waals surface area contributed by atoms with E-state index in [0.717, 1.165) is 0 Å². The number of nitrogen functional groups attached to an aromatic ring is 1. The Hall–Kier alpha value is -1.35. The molecule has 1 aliphatic rings. The molecule has 15 heteroatoms. The van der Waals surface area contributed by atoms with Crippen molar-refractivity contribution in [1.29, 1.82) is 0 Å². The number of nitrogens with two attached hydrogens (primary N) is 1. The van der Waals surface area contributed by atoms with Crippen LogP contribution in [0.5, 0.6) is 0 Å². The van der Waals surface area contributed by atoms with E-state index in [2.05, 4.69) is 15.0 Å². The Morgan fingerprint density at radius 3 is 2.90 bits per heavy atom. The molecule has 3 heterocycles. The molecule has 0 spiro atoms. The number of aliphatic hydroxyl groups excluding tert-OH is 3. The lowest BCUT2D eigenvalue weighted by molar-refractivity contribution is -0.0352. The molecule has 1 aliphatic heterocycles. The number of aromatic nitrogens is 4. The predicted octanol–water partition coefficient (Wildman–Crippen LogP) is -1.11. The Kier molecular flexibility index (Phi) is 7.09. The molecular formula is C14H22N5O8PS. The maximum absolute atomic E-state index is 12.3. The average molecular weight is 451 g/mol. The third kappa shape index (κ3) is 4.87. The van der Waals surface area contributed by atoms with Crippen LogP contribution >= 0.6 is 19.6 Å². The second kappa shape index (κ2) is 9.20. The molecule has 0 amide bonds. The topological polar surface area (TPSA) is 195 Å². The zero-order valence-corrected chi connectivity index (χ0v) is 17.0. The molecule has 6 N–H and O–H groups in total. The van der Waals surface area contributed by atoms with Crippen LogP contribution in [-0.2, 0) is 18.3 Å². The second-order valence-electron chi connectivity index (χ2n) is 6.26.